The highest BCUT2D eigenvalue weighted by molar-refractivity contribution is 7.91. The molecule has 2 heterocycles. The number of fused-ring (bicyclic) bond motifs is 2. The standard InChI is InChI=1S/C28H14N4O10S/c33-25-19-3-1-5-21(31(37)38)23(19)27(35)29(25)15-7-11-17(12-8-15)43(41,42)18-13-9-16(10-14-18)30-26(34)20-4-2-6-22(32(39)40)24(20)28(30)36/h1-14H. The van der Waals surface area contributed by atoms with Gasteiger partial charge in [-0.2, -0.15) is 0 Å². The third kappa shape index (κ3) is 3.98. The lowest BCUT2D eigenvalue weighted by atomic mass is 10.1. The molecule has 0 spiro atoms. The van der Waals surface area contributed by atoms with Crippen LogP contribution in [0.5, 0.6) is 0 Å². The number of rotatable bonds is 6. The van der Waals surface area contributed by atoms with Crippen molar-refractivity contribution in [1.29, 1.82) is 0 Å². The van der Waals surface area contributed by atoms with Crippen molar-refractivity contribution in [2.75, 3.05) is 9.80 Å². The monoisotopic (exact) mass is 598 g/mol. The van der Waals surface area contributed by atoms with Gasteiger partial charge in [0.05, 0.1) is 42.1 Å². The average Bonchev–Trinajstić information content (AvgIpc) is 3.41. The van der Waals surface area contributed by atoms with Crippen LogP contribution in [0.15, 0.2) is 94.7 Å². The molecule has 4 aromatic rings. The van der Waals surface area contributed by atoms with Crippen LogP contribution in [0.4, 0.5) is 22.7 Å². The van der Waals surface area contributed by atoms with E-state index in [0.29, 0.717) is 0 Å². The first-order chi connectivity index (χ1) is 20.4. The van der Waals surface area contributed by atoms with E-state index in [9.17, 15) is 47.8 Å². The molecule has 0 aliphatic carbocycles. The summed E-state index contributed by atoms with van der Waals surface area (Å²) < 4.78 is 26.6. The minimum atomic E-state index is -4.17. The van der Waals surface area contributed by atoms with Gasteiger partial charge in [0.25, 0.3) is 35.0 Å². The van der Waals surface area contributed by atoms with E-state index in [4.69, 9.17) is 0 Å². The largest absolute Gasteiger partial charge is 0.283 e. The van der Waals surface area contributed by atoms with Gasteiger partial charge in [-0.25, -0.2) is 18.2 Å². The molecule has 2 aliphatic heterocycles. The van der Waals surface area contributed by atoms with Gasteiger partial charge in [0.1, 0.15) is 11.1 Å². The number of nitro benzene ring substituents is 2. The van der Waals surface area contributed by atoms with Crippen molar-refractivity contribution in [3.8, 4) is 0 Å². The zero-order chi connectivity index (χ0) is 30.8. The number of sulfone groups is 1. The van der Waals surface area contributed by atoms with Crippen LogP contribution >= 0.6 is 0 Å². The quantitative estimate of drug-likeness (QED) is 0.178. The van der Waals surface area contributed by atoms with Crippen LogP contribution in [0.2, 0.25) is 0 Å². The van der Waals surface area contributed by atoms with Gasteiger partial charge in [0, 0.05) is 12.1 Å². The van der Waals surface area contributed by atoms with E-state index in [1.54, 1.807) is 0 Å². The molecule has 0 unspecified atom stereocenters. The van der Waals surface area contributed by atoms with Crippen LogP contribution in [-0.4, -0.2) is 41.9 Å². The first-order valence-electron chi connectivity index (χ1n) is 12.2. The molecule has 0 aromatic heterocycles. The number of benzene rings is 4. The van der Waals surface area contributed by atoms with Crippen molar-refractivity contribution in [2.24, 2.45) is 0 Å². The van der Waals surface area contributed by atoms with Gasteiger partial charge in [-0.3, -0.25) is 39.4 Å². The van der Waals surface area contributed by atoms with E-state index >= 15 is 0 Å². The lowest BCUT2D eigenvalue weighted by molar-refractivity contribution is -0.385. The summed E-state index contributed by atoms with van der Waals surface area (Å²) in [5.74, 6) is -3.43. The van der Waals surface area contributed by atoms with E-state index in [2.05, 4.69) is 0 Å². The Kier molecular flexibility index (Phi) is 5.98. The highest BCUT2D eigenvalue weighted by Gasteiger charge is 2.43. The van der Waals surface area contributed by atoms with Gasteiger partial charge < -0.3 is 0 Å². The first kappa shape index (κ1) is 27.1. The van der Waals surface area contributed by atoms with Crippen molar-refractivity contribution in [1.82, 2.24) is 0 Å². The summed E-state index contributed by atoms with van der Waals surface area (Å²) in [6.07, 6.45) is 0. The number of carbonyl (C=O) groups is 4. The molecule has 15 heteroatoms. The maximum atomic E-state index is 13.3. The van der Waals surface area contributed by atoms with Crippen LogP contribution in [-0.2, 0) is 9.84 Å². The molecule has 0 saturated heterocycles. The SMILES string of the molecule is O=C1c2cccc([N+](=O)[O-])c2C(=O)N1c1ccc(S(=O)(=O)c2ccc(N3C(=O)c4cccc([N+](=O)[O-])c4C3=O)cc2)cc1. The fourth-order valence-corrected chi connectivity index (χ4v) is 6.25. The summed E-state index contributed by atoms with van der Waals surface area (Å²) in [4.78, 5) is 73.8. The summed E-state index contributed by atoms with van der Waals surface area (Å²) in [6, 6.07) is 16.8. The highest BCUT2D eigenvalue weighted by Crippen LogP contribution is 2.36. The van der Waals surface area contributed by atoms with Gasteiger partial charge in [0.15, 0.2) is 0 Å². The molecular weight excluding hydrogens is 584 g/mol. The third-order valence-electron chi connectivity index (χ3n) is 6.99. The maximum Gasteiger partial charge on any atom is 0.283 e. The minimum Gasteiger partial charge on any atom is -0.268 e. The van der Waals surface area contributed by atoms with Gasteiger partial charge in [0.2, 0.25) is 9.84 Å². The Labute approximate surface area is 240 Å². The lowest BCUT2D eigenvalue weighted by Crippen LogP contribution is -2.29. The van der Waals surface area contributed by atoms with E-state index in [1.807, 2.05) is 0 Å². The molecule has 6 rings (SSSR count). The molecule has 0 bridgehead atoms. The summed E-state index contributed by atoms with van der Waals surface area (Å²) >= 11 is 0. The van der Waals surface area contributed by atoms with Crippen molar-refractivity contribution >= 4 is 56.2 Å². The Morgan fingerprint density at radius 1 is 0.512 bits per heavy atom. The number of nitrogens with zero attached hydrogens (tertiary/aromatic N) is 4. The van der Waals surface area contributed by atoms with Gasteiger partial charge in [-0.15, -0.1) is 0 Å². The Hall–Kier alpha value is -6.09. The Balaban J connectivity index is 1.27. The second-order valence-electron chi connectivity index (χ2n) is 9.30. The minimum absolute atomic E-state index is 0.00508. The molecule has 0 saturated carbocycles. The number of imide groups is 2. The number of amides is 4. The Morgan fingerprint density at radius 3 is 1.19 bits per heavy atom. The van der Waals surface area contributed by atoms with E-state index in [-0.39, 0.29) is 43.4 Å². The summed E-state index contributed by atoms with van der Waals surface area (Å²) in [6.45, 7) is 0. The molecule has 0 radical (unpaired) electrons. The number of hydrogen-bond donors (Lipinski definition) is 0. The van der Waals surface area contributed by atoms with Gasteiger partial charge in [-0.05, 0) is 60.7 Å². The molecule has 2 aliphatic rings. The predicted molar refractivity (Wildman–Crippen MR) is 147 cm³/mol. The molecule has 212 valence electrons. The van der Waals surface area contributed by atoms with Gasteiger partial charge in [-0.1, -0.05) is 12.1 Å². The van der Waals surface area contributed by atoms with Crippen molar-refractivity contribution in [3.05, 3.63) is 127 Å². The number of nitro groups is 2. The fraction of sp³-hybridized carbons (Fsp3) is 0. The first-order valence-corrected chi connectivity index (χ1v) is 13.7. The van der Waals surface area contributed by atoms with E-state index in [1.165, 1.54) is 48.5 Å². The van der Waals surface area contributed by atoms with Crippen LogP contribution < -0.4 is 9.80 Å². The lowest BCUT2D eigenvalue weighted by Gasteiger charge is -2.15. The highest BCUT2D eigenvalue weighted by atomic mass is 32.2. The zero-order valence-corrected chi connectivity index (χ0v) is 22.2. The normalized spacial score (nSPS) is 14.2. The van der Waals surface area contributed by atoms with Crippen LogP contribution in [0, 0.1) is 20.2 Å². The molecule has 0 fully saturated rings. The van der Waals surface area contributed by atoms with Crippen LogP contribution in [0.25, 0.3) is 0 Å². The molecule has 0 N–H and O–H groups in total. The zero-order valence-electron chi connectivity index (χ0n) is 21.4. The predicted octanol–water partition coefficient (Wildman–Crippen LogP) is 3.94. The molecule has 0 atom stereocenters. The van der Waals surface area contributed by atoms with E-state index < -0.39 is 54.7 Å². The van der Waals surface area contributed by atoms with E-state index in [0.717, 1.165) is 46.2 Å². The van der Waals surface area contributed by atoms with Crippen molar-refractivity contribution < 1.29 is 37.4 Å². The number of anilines is 2. The average molecular weight is 599 g/mol. The smallest absolute Gasteiger partial charge is 0.268 e. The fourth-order valence-electron chi connectivity index (χ4n) is 4.99. The second kappa shape index (κ2) is 9.49. The maximum absolute atomic E-state index is 13.3. The summed E-state index contributed by atoms with van der Waals surface area (Å²) in [7, 11) is -4.17. The molecule has 14 nitrogen and oxygen atoms in total. The Morgan fingerprint density at radius 2 is 0.860 bits per heavy atom. The molecule has 43 heavy (non-hydrogen) atoms. The Bertz CT molecular complexity index is 1930. The van der Waals surface area contributed by atoms with Gasteiger partial charge >= 0.3 is 0 Å². The molecule has 4 amide bonds. The number of hydrogen-bond acceptors (Lipinski definition) is 10. The molecular formula is C28H14N4O10S. The third-order valence-corrected chi connectivity index (χ3v) is 8.78. The van der Waals surface area contributed by atoms with Crippen molar-refractivity contribution in [2.45, 2.75) is 9.79 Å². The summed E-state index contributed by atoms with van der Waals surface area (Å²) in [5.41, 5.74) is -2.08. The van der Waals surface area contributed by atoms with Crippen molar-refractivity contribution in [3.63, 3.8) is 0 Å². The molecule has 4 aromatic carbocycles. The topological polar surface area (TPSA) is 195 Å². The van der Waals surface area contributed by atoms with Crippen LogP contribution in [0.1, 0.15) is 41.4 Å². The second-order valence-corrected chi connectivity index (χ2v) is 11.2. The summed E-state index contributed by atoms with van der Waals surface area (Å²) in [5, 5.41) is 22.7. The number of carbonyl (C=O) groups excluding carboxylic acids is 4. The van der Waals surface area contributed by atoms with Crippen LogP contribution in [0.3, 0.4) is 0 Å².